The highest BCUT2D eigenvalue weighted by Gasteiger charge is 2.04. The molecule has 1 aromatic carbocycles. The molecule has 1 N–H and O–H groups in total. The molecule has 0 saturated carbocycles. The largest absolute Gasteiger partial charge is 0.300 e. The summed E-state index contributed by atoms with van der Waals surface area (Å²) in [5.41, 5.74) is 2.51. The van der Waals surface area contributed by atoms with Crippen molar-refractivity contribution >= 4 is 15.9 Å². The molecule has 0 aromatic heterocycles. The van der Waals surface area contributed by atoms with Crippen molar-refractivity contribution in [2.24, 2.45) is 0 Å². The van der Waals surface area contributed by atoms with Crippen LogP contribution in [0.25, 0.3) is 0 Å². The van der Waals surface area contributed by atoms with Gasteiger partial charge in [-0.15, -0.1) is 6.42 Å². The average Bonchev–Trinajstić information content (AvgIpc) is 2.26. The van der Waals surface area contributed by atoms with E-state index in [0.29, 0.717) is 0 Å². The van der Waals surface area contributed by atoms with Gasteiger partial charge in [0.25, 0.3) is 0 Å². The Morgan fingerprint density at radius 1 is 1.50 bits per heavy atom. The third-order valence-electron chi connectivity index (χ3n) is 2.53. The fraction of sp³-hybridized carbons (Fsp3) is 0.429. The molecule has 86 valence electrons. The van der Waals surface area contributed by atoms with Gasteiger partial charge >= 0.3 is 0 Å². The van der Waals surface area contributed by atoms with Crippen molar-refractivity contribution in [1.29, 1.82) is 0 Å². The first-order chi connectivity index (χ1) is 7.67. The topological polar surface area (TPSA) is 12.0 Å². The SMILES string of the molecule is C#CC(CCC)NCc1ccc(C)cc1Br. The molecule has 0 aliphatic heterocycles. The molecule has 0 spiro atoms. The molecule has 1 aromatic rings. The van der Waals surface area contributed by atoms with Gasteiger partial charge < -0.3 is 0 Å². The van der Waals surface area contributed by atoms with Crippen LogP contribution in [0.4, 0.5) is 0 Å². The van der Waals surface area contributed by atoms with Gasteiger partial charge in [-0.2, -0.15) is 0 Å². The maximum atomic E-state index is 5.46. The van der Waals surface area contributed by atoms with Crippen molar-refractivity contribution in [2.75, 3.05) is 0 Å². The minimum absolute atomic E-state index is 0.179. The maximum Gasteiger partial charge on any atom is 0.0689 e. The Bertz CT molecular complexity index is 379. The van der Waals surface area contributed by atoms with Gasteiger partial charge in [0.1, 0.15) is 0 Å². The first-order valence-electron chi connectivity index (χ1n) is 5.62. The van der Waals surface area contributed by atoms with Crippen molar-refractivity contribution in [1.82, 2.24) is 5.32 Å². The fourth-order valence-corrected chi connectivity index (χ4v) is 2.20. The average molecular weight is 280 g/mol. The van der Waals surface area contributed by atoms with Crippen LogP contribution in [0.2, 0.25) is 0 Å². The lowest BCUT2D eigenvalue weighted by Gasteiger charge is -2.13. The zero-order chi connectivity index (χ0) is 12.0. The lowest BCUT2D eigenvalue weighted by atomic mass is 10.1. The van der Waals surface area contributed by atoms with E-state index in [1.165, 1.54) is 11.1 Å². The van der Waals surface area contributed by atoms with Gasteiger partial charge in [-0.05, 0) is 30.5 Å². The van der Waals surface area contributed by atoms with Gasteiger partial charge in [0, 0.05) is 11.0 Å². The smallest absolute Gasteiger partial charge is 0.0689 e. The fourth-order valence-electron chi connectivity index (χ4n) is 1.56. The second-order valence-electron chi connectivity index (χ2n) is 3.98. The Balaban J connectivity index is 2.57. The second-order valence-corrected chi connectivity index (χ2v) is 4.84. The van der Waals surface area contributed by atoms with Crippen molar-refractivity contribution < 1.29 is 0 Å². The third kappa shape index (κ3) is 4.00. The van der Waals surface area contributed by atoms with Crippen LogP contribution < -0.4 is 5.32 Å². The van der Waals surface area contributed by atoms with Crippen molar-refractivity contribution in [3.63, 3.8) is 0 Å². The Morgan fingerprint density at radius 2 is 2.25 bits per heavy atom. The Labute approximate surface area is 107 Å². The molecule has 1 unspecified atom stereocenters. The van der Waals surface area contributed by atoms with E-state index in [1.807, 2.05) is 0 Å². The third-order valence-corrected chi connectivity index (χ3v) is 3.26. The summed E-state index contributed by atoms with van der Waals surface area (Å²) in [7, 11) is 0. The summed E-state index contributed by atoms with van der Waals surface area (Å²) in [5, 5.41) is 3.38. The molecule has 0 heterocycles. The van der Waals surface area contributed by atoms with Crippen molar-refractivity contribution in [3.05, 3.63) is 33.8 Å². The van der Waals surface area contributed by atoms with E-state index in [-0.39, 0.29) is 6.04 Å². The van der Waals surface area contributed by atoms with Crippen LogP contribution in [0.15, 0.2) is 22.7 Å². The van der Waals surface area contributed by atoms with E-state index in [0.717, 1.165) is 23.9 Å². The summed E-state index contributed by atoms with van der Waals surface area (Å²) >= 11 is 3.57. The lowest BCUT2D eigenvalue weighted by molar-refractivity contribution is 0.562. The van der Waals surface area contributed by atoms with Crippen LogP contribution in [0, 0.1) is 19.3 Å². The predicted octanol–water partition coefficient (Wildman–Crippen LogP) is 3.65. The number of aryl methyl sites for hydroxylation is 1. The normalized spacial score (nSPS) is 12.1. The highest BCUT2D eigenvalue weighted by Crippen LogP contribution is 2.18. The molecule has 0 saturated heterocycles. The first kappa shape index (κ1) is 13.3. The first-order valence-corrected chi connectivity index (χ1v) is 6.41. The number of terminal acetylenes is 1. The minimum atomic E-state index is 0.179. The number of rotatable bonds is 5. The van der Waals surface area contributed by atoms with Crippen molar-refractivity contribution in [3.8, 4) is 12.3 Å². The maximum absolute atomic E-state index is 5.46. The monoisotopic (exact) mass is 279 g/mol. The Hall–Kier alpha value is -0.780. The van der Waals surface area contributed by atoms with E-state index in [4.69, 9.17) is 6.42 Å². The Morgan fingerprint density at radius 3 is 2.81 bits per heavy atom. The quantitative estimate of drug-likeness (QED) is 0.812. The van der Waals surface area contributed by atoms with E-state index in [9.17, 15) is 0 Å². The number of hydrogen-bond acceptors (Lipinski definition) is 1. The van der Waals surface area contributed by atoms with E-state index in [1.54, 1.807) is 0 Å². The highest BCUT2D eigenvalue weighted by molar-refractivity contribution is 9.10. The number of hydrogen-bond donors (Lipinski definition) is 1. The summed E-state index contributed by atoms with van der Waals surface area (Å²) in [6.45, 7) is 5.05. The number of benzene rings is 1. The van der Waals surface area contributed by atoms with Crippen LogP contribution in [-0.4, -0.2) is 6.04 Å². The summed E-state index contributed by atoms with van der Waals surface area (Å²) in [4.78, 5) is 0. The summed E-state index contributed by atoms with van der Waals surface area (Å²) in [6.07, 6.45) is 7.60. The van der Waals surface area contributed by atoms with Gasteiger partial charge in [-0.25, -0.2) is 0 Å². The van der Waals surface area contributed by atoms with Crippen LogP contribution in [0.5, 0.6) is 0 Å². The molecular formula is C14H18BrN. The van der Waals surface area contributed by atoms with Crippen molar-refractivity contribution in [2.45, 2.75) is 39.3 Å². The van der Waals surface area contributed by atoms with E-state index < -0.39 is 0 Å². The molecule has 1 atom stereocenters. The summed E-state index contributed by atoms with van der Waals surface area (Å²) in [6, 6.07) is 6.55. The van der Waals surface area contributed by atoms with Gasteiger partial charge in [0.2, 0.25) is 0 Å². The molecule has 2 heteroatoms. The number of halogens is 1. The van der Waals surface area contributed by atoms with E-state index >= 15 is 0 Å². The summed E-state index contributed by atoms with van der Waals surface area (Å²) < 4.78 is 1.15. The zero-order valence-corrected chi connectivity index (χ0v) is 11.5. The predicted molar refractivity (Wildman–Crippen MR) is 73.2 cm³/mol. The van der Waals surface area contributed by atoms with Gasteiger partial charge in [0.15, 0.2) is 0 Å². The van der Waals surface area contributed by atoms with Crippen LogP contribution >= 0.6 is 15.9 Å². The summed E-state index contributed by atoms with van der Waals surface area (Å²) in [5.74, 6) is 2.78. The minimum Gasteiger partial charge on any atom is -0.300 e. The molecule has 0 aliphatic rings. The van der Waals surface area contributed by atoms with E-state index in [2.05, 4.69) is 59.2 Å². The van der Waals surface area contributed by atoms with Gasteiger partial charge in [0.05, 0.1) is 6.04 Å². The molecular weight excluding hydrogens is 262 g/mol. The zero-order valence-electron chi connectivity index (χ0n) is 9.89. The molecule has 0 bridgehead atoms. The molecule has 0 aliphatic carbocycles. The van der Waals surface area contributed by atoms with Crippen LogP contribution in [0.3, 0.4) is 0 Å². The lowest BCUT2D eigenvalue weighted by Crippen LogP contribution is -2.26. The molecule has 1 nitrogen and oxygen atoms in total. The molecule has 16 heavy (non-hydrogen) atoms. The molecule has 1 rings (SSSR count). The molecule has 0 fully saturated rings. The van der Waals surface area contributed by atoms with Crippen LogP contribution in [-0.2, 0) is 6.54 Å². The standard InChI is InChI=1S/C14H18BrN/c1-4-6-13(5-2)16-10-12-8-7-11(3)9-14(12)15/h2,7-9,13,16H,4,6,10H2,1,3H3. The van der Waals surface area contributed by atoms with Gasteiger partial charge in [-0.1, -0.05) is 47.3 Å². The van der Waals surface area contributed by atoms with Gasteiger partial charge in [-0.3, -0.25) is 5.32 Å². The number of nitrogens with one attached hydrogen (secondary N) is 1. The Kier molecular flexibility index (Phi) is 5.59. The molecule has 0 radical (unpaired) electrons. The second kappa shape index (κ2) is 6.73. The molecule has 0 amide bonds. The highest BCUT2D eigenvalue weighted by atomic mass is 79.9. The van der Waals surface area contributed by atoms with Crippen LogP contribution in [0.1, 0.15) is 30.9 Å².